The van der Waals surface area contributed by atoms with E-state index in [0.717, 1.165) is 11.0 Å². The van der Waals surface area contributed by atoms with Crippen LogP contribution in [-0.2, 0) is 11.3 Å². The summed E-state index contributed by atoms with van der Waals surface area (Å²) in [5.41, 5.74) is 1.94. The van der Waals surface area contributed by atoms with E-state index in [1.807, 2.05) is 0 Å². The number of aliphatic carboxylic acids is 1. The molecule has 1 aromatic carbocycles. The third-order valence-electron chi connectivity index (χ3n) is 2.80. The van der Waals surface area contributed by atoms with Gasteiger partial charge in [0.2, 0.25) is 0 Å². The Morgan fingerprint density at radius 2 is 2.27 bits per heavy atom. The number of benzene rings is 1. The summed E-state index contributed by atoms with van der Waals surface area (Å²) in [5, 5.41) is 17.1. The molecule has 3 aromatic rings. The molecule has 2 heterocycles. The summed E-state index contributed by atoms with van der Waals surface area (Å²) >= 11 is 12.1. The lowest BCUT2D eigenvalue weighted by atomic mass is 10.3. The normalized spacial score (nSPS) is 12.0. The van der Waals surface area contributed by atoms with Crippen molar-refractivity contribution in [3.8, 4) is 0 Å². The van der Waals surface area contributed by atoms with Gasteiger partial charge in [-0.25, -0.2) is 9.67 Å². The maximum absolute atomic E-state index is 10.6. The van der Waals surface area contributed by atoms with Gasteiger partial charge in [-0.05, 0) is 24.3 Å². The number of rotatable bonds is 4. The van der Waals surface area contributed by atoms with Crippen molar-refractivity contribution in [1.82, 2.24) is 25.0 Å². The molecule has 9 heteroatoms. The van der Waals surface area contributed by atoms with Crippen molar-refractivity contribution in [2.45, 2.75) is 6.54 Å². The number of carbonyl (C=O) groups is 1. The van der Waals surface area contributed by atoms with Crippen molar-refractivity contribution in [1.29, 1.82) is 0 Å². The lowest BCUT2D eigenvalue weighted by molar-refractivity contribution is -0.137. The Hall–Kier alpha value is -2.38. The van der Waals surface area contributed by atoms with E-state index in [1.165, 1.54) is 10.9 Å². The molecule has 3 rings (SSSR count). The monoisotopic (exact) mass is 337 g/mol. The van der Waals surface area contributed by atoms with Gasteiger partial charge in [0.15, 0.2) is 0 Å². The van der Waals surface area contributed by atoms with Crippen LogP contribution >= 0.6 is 23.2 Å². The van der Waals surface area contributed by atoms with Gasteiger partial charge in [0, 0.05) is 5.02 Å². The fourth-order valence-corrected chi connectivity index (χ4v) is 2.26. The summed E-state index contributed by atoms with van der Waals surface area (Å²) in [5.74, 6) is -0.535. The molecule has 0 aliphatic heterocycles. The predicted molar refractivity (Wildman–Crippen MR) is 82.5 cm³/mol. The molecule has 0 unspecified atom stereocenters. The second-order valence-corrected chi connectivity index (χ2v) is 5.32. The molecule has 112 valence electrons. The van der Waals surface area contributed by atoms with Gasteiger partial charge < -0.3 is 10.1 Å². The second kappa shape index (κ2) is 5.78. The van der Waals surface area contributed by atoms with E-state index < -0.39 is 5.97 Å². The Kier molecular flexibility index (Phi) is 3.82. The summed E-state index contributed by atoms with van der Waals surface area (Å²) in [7, 11) is 0. The minimum Gasteiger partial charge on any atom is -0.480 e. The van der Waals surface area contributed by atoms with Gasteiger partial charge in [0.25, 0.3) is 0 Å². The number of nitrogens with one attached hydrogen (secondary N) is 1. The maximum Gasteiger partial charge on any atom is 0.325 e. The van der Waals surface area contributed by atoms with Crippen LogP contribution in [0.15, 0.2) is 24.4 Å². The zero-order chi connectivity index (χ0) is 15.7. The van der Waals surface area contributed by atoms with Crippen LogP contribution < -0.4 is 0 Å². The summed E-state index contributed by atoms with van der Waals surface area (Å²) in [6.07, 6.45) is 3.03. The molecule has 0 aliphatic carbocycles. The lowest BCUT2D eigenvalue weighted by Crippen LogP contribution is -2.08. The highest BCUT2D eigenvalue weighted by atomic mass is 35.5. The van der Waals surface area contributed by atoms with Gasteiger partial charge in [-0.3, -0.25) is 4.79 Å². The van der Waals surface area contributed by atoms with Crippen molar-refractivity contribution in [2.75, 3.05) is 0 Å². The standard InChI is InChI=1S/C13H9Cl2N5O2/c14-7-1-2-10-11(3-7)17-13(16-10)9(15)4-8-5-20(19-18-8)6-12(21)22/h1-5H,6H2,(H,16,17)(H,21,22). The first-order chi connectivity index (χ1) is 10.5. The van der Waals surface area contributed by atoms with E-state index in [0.29, 0.717) is 21.6 Å². The van der Waals surface area contributed by atoms with Crippen molar-refractivity contribution < 1.29 is 9.90 Å². The number of carboxylic acid groups (broad SMARTS) is 1. The molecule has 0 saturated carbocycles. The highest BCUT2D eigenvalue weighted by molar-refractivity contribution is 6.50. The van der Waals surface area contributed by atoms with E-state index in [2.05, 4.69) is 20.3 Å². The molecular formula is C13H9Cl2N5O2. The highest BCUT2D eigenvalue weighted by Crippen LogP contribution is 2.23. The number of nitrogens with zero attached hydrogens (tertiary/aromatic N) is 4. The number of fused-ring (bicyclic) bond motifs is 1. The van der Waals surface area contributed by atoms with E-state index >= 15 is 0 Å². The van der Waals surface area contributed by atoms with E-state index in [4.69, 9.17) is 28.3 Å². The average Bonchev–Trinajstić information content (AvgIpc) is 3.04. The molecular weight excluding hydrogens is 329 g/mol. The predicted octanol–water partition coefficient (Wildman–Crippen LogP) is 2.63. The van der Waals surface area contributed by atoms with Gasteiger partial charge >= 0.3 is 5.97 Å². The molecule has 22 heavy (non-hydrogen) atoms. The Balaban J connectivity index is 1.89. The van der Waals surface area contributed by atoms with E-state index in [-0.39, 0.29) is 6.54 Å². The largest absolute Gasteiger partial charge is 0.480 e. The lowest BCUT2D eigenvalue weighted by Gasteiger charge is -1.92. The fraction of sp³-hybridized carbons (Fsp3) is 0.0769. The average molecular weight is 338 g/mol. The number of imidazole rings is 1. The molecule has 7 nitrogen and oxygen atoms in total. The Morgan fingerprint density at radius 1 is 1.45 bits per heavy atom. The quantitative estimate of drug-likeness (QED) is 0.762. The van der Waals surface area contributed by atoms with Crippen LogP contribution in [0.5, 0.6) is 0 Å². The third-order valence-corrected chi connectivity index (χ3v) is 3.32. The van der Waals surface area contributed by atoms with Gasteiger partial charge in [0.1, 0.15) is 18.1 Å². The molecule has 0 aliphatic rings. The Bertz CT molecular complexity index is 884. The van der Waals surface area contributed by atoms with E-state index in [1.54, 1.807) is 24.3 Å². The molecule has 0 atom stereocenters. The maximum atomic E-state index is 10.6. The van der Waals surface area contributed by atoms with Crippen molar-refractivity contribution in [2.24, 2.45) is 0 Å². The molecule has 0 bridgehead atoms. The van der Waals surface area contributed by atoms with Crippen molar-refractivity contribution >= 4 is 51.3 Å². The molecule has 2 aromatic heterocycles. The summed E-state index contributed by atoms with van der Waals surface area (Å²) in [6.45, 7) is -0.262. The minimum absolute atomic E-state index is 0.262. The van der Waals surface area contributed by atoms with Crippen LogP contribution in [0.4, 0.5) is 0 Å². The fourth-order valence-electron chi connectivity index (χ4n) is 1.89. The number of hydrogen-bond acceptors (Lipinski definition) is 4. The van der Waals surface area contributed by atoms with Crippen molar-refractivity contribution in [3.05, 3.63) is 40.9 Å². The van der Waals surface area contributed by atoms with Crippen LogP contribution in [-0.4, -0.2) is 36.0 Å². The third kappa shape index (κ3) is 3.10. The van der Waals surface area contributed by atoms with Gasteiger partial charge in [-0.1, -0.05) is 28.4 Å². The zero-order valence-electron chi connectivity index (χ0n) is 11.0. The number of aromatic nitrogens is 5. The summed E-state index contributed by atoms with van der Waals surface area (Å²) in [4.78, 5) is 18.0. The van der Waals surface area contributed by atoms with Crippen LogP contribution in [0.3, 0.4) is 0 Å². The van der Waals surface area contributed by atoms with Crippen molar-refractivity contribution in [3.63, 3.8) is 0 Å². The summed E-state index contributed by atoms with van der Waals surface area (Å²) < 4.78 is 1.21. The Morgan fingerprint density at radius 3 is 3.05 bits per heavy atom. The molecule has 0 amide bonds. The number of hydrogen-bond donors (Lipinski definition) is 2. The van der Waals surface area contributed by atoms with Crippen LogP contribution in [0.2, 0.25) is 5.02 Å². The first-order valence-corrected chi connectivity index (χ1v) is 6.91. The number of halogens is 2. The van der Waals surface area contributed by atoms with Gasteiger partial charge in [-0.15, -0.1) is 5.10 Å². The van der Waals surface area contributed by atoms with Crippen LogP contribution in [0.1, 0.15) is 11.5 Å². The summed E-state index contributed by atoms with van der Waals surface area (Å²) in [6, 6.07) is 5.27. The number of H-pyrrole nitrogens is 1. The zero-order valence-corrected chi connectivity index (χ0v) is 12.5. The highest BCUT2D eigenvalue weighted by Gasteiger charge is 2.08. The van der Waals surface area contributed by atoms with Gasteiger partial charge in [-0.2, -0.15) is 0 Å². The molecule has 0 fully saturated rings. The first-order valence-electron chi connectivity index (χ1n) is 6.16. The Labute approximate surface area is 134 Å². The van der Waals surface area contributed by atoms with Gasteiger partial charge in [0.05, 0.1) is 22.3 Å². The molecule has 0 saturated heterocycles. The molecule has 2 N–H and O–H groups in total. The van der Waals surface area contributed by atoms with Crippen LogP contribution in [0.25, 0.3) is 22.1 Å². The molecule has 0 spiro atoms. The first kappa shape index (κ1) is 14.6. The SMILES string of the molecule is O=C(O)Cn1cc(C=C(Cl)c2nc3ccc(Cl)cc3[nH]2)nn1. The minimum atomic E-state index is -0.999. The smallest absolute Gasteiger partial charge is 0.325 e. The second-order valence-electron chi connectivity index (χ2n) is 4.47. The molecule has 0 radical (unpaired) electrons. The number of aromatic amines is 1. The topological polar surface area (TPSA) is 96.7 Å². The van der Waals surface area contributed by atoms with E-state index in [9.17, 15) is 4.79 Å². The number of carboxylic acids is 1. The van der Waals surface area contributed by atoms with Crippen LogP contribution in [0, 0.1) is 0 Å².